The maximum absolute atomic E-state index is 12.5. The van der Waals surface area contributed by atoms with Crippen LogP contribution in [0.25, 0.3) is 0 Å². The molecule has 2 aromatic carbocycles. The Bertz CT molecular complexity index is 698. The Morgan fingerprint density at radius 2 is 1.83 bits per heavy atom. The highest BCUT2D eigenvalue weighted by molar-refractivity contribution is 5.89. The van der Waals surface area contributed by atoms with E-state index < -0.39 is 0 Å². The number of urea groups is 1. The third-order valence-corrected chi connectivity index (χ3v) is 4.25. The minimum absolute atomic E-state index is 0.0994. The Morgan fingerprint density at radius 1 is 1.13 bits per heavy atom. The van der Waals surface area contributed by atoms with Crippen LogP contribution in [0, 0.1) is 13.8 Å². The monoisotopic (exact) mass is 312 g/mol. The number of anilines is 1. The SMILES string of the molecule is COc1ccccc1[C@H](C)N(C)C(=O)Nc1ccc(C)c(C)c1. The minimum Gasteiger partial charge on any atom is -0.496 e. The molecule has 0 saturated carbocycles. The first-order valence-electron chi connectivity index (χ1n) is 7.68. The summed E-state index contributed by atoms with van der Waals surface area (Å²) in [7, 11) is 3.42. The highest BCUT2D eigenvalue weighted by Crippen LogP contribution is 2.28. The fraction of sp³-hybridized carbons (Fsp3) is 0.316. The molecule has 0 spiro atoms. The van der Waals surface area contributed by atoms with Crippen molar-refractivity contribution in [3.05, 3.63) is 59.2 Å². The predicted molar refractivity (Wildman–Crippen MR) is 94.1 cm³/mol. The van der Waals surface area contributed by atoms with E-state index in [1.807, 2.05) is 56.3 Å². The van der Waals surface area contributed by atoms with E-state index in [9.17, 15) is 4.79 Å². The average molecular weight is 312 g/mol. The van der Waals surface area contributed by atoms with E-state index in [-0.39, 0.29) is 12.1 Å². The maximum Gasteiger partial charge on any atom is 0.322 e. The first-order valence-corrected chi connectivity index (χ1v) is 7.68. The molecule has 4 nitrogen and oxygen atoms in total. The van der Waals surface area contributed by atoms with Crippen LogP contribution in [-0.2, 0) is 0 Å². The summed E-state index contributed by atoms with van der Waals surface area (Å²) in [5, 5.41) is 2.94. The smallest absolute Gasteiger partial charge is 0.322 e. The second-order valence-electron chi connectivity index (χ2n) is 5.76. The number of carbonyl (C=O) groups excluding carboxylic acids is 1. The largest absolute Gasteiger partial charge is 0.496 e. The van der Waals surface area contributed by atoms with Crippen molar-refractivity contribution in [3.63, 3.8) is 0 Å². The summed E-state index contributed by atoms with van der Waals surface area (Å²) in [6.07, 6.45) is 0. The molecule has 0 aliphatic carbocycles. The summed E-state index contributed by atoms with van der Waals surface area (Å²) in [5.74, 6) is 0.783. The molecule has 0 unspecified atom stereocenters. The number of hydrogen-bond acceptors (Lipinski definition) is 2. The zero-order chi connectivity index (χ0) is 17.0. The van der Waals surface area contributed by atoms with Gasteiger partial charge in [-0.1, -0.05) is 24.3 Å². The molecule has 0 bridgehead atoms. The molecule has 0 aliphatic rings. The van der Waals surface area contributed by atoms with Crippen molar-refractivity contribution in [1.29, 1.82) is 0 Å². The predicted octanol–water partition coefficient (Wildman–Crippen LogP) is 4.54. The minimum atomic E-state index is -0.147. The van der Waals surface area contributed by atoms with Gasteiger partial charge in [-0.25, -0.2) is 4.79 Å². The molecule has 0 radical (unpaired) electrons. The van der Waals surface area contributed by atoms with Crippen molar-refractivity contribution < 1.29 is 9.53 Å². The summed E-state index contributed by atoms with van der Waals surface area (Å²) in [5.41, 5.74) is 4.15. The van der Waals surface area contributed by atoms with Crippen molar-refractivity contribution in [2.75, 3.05) is 19.5 Å². The highest BCUT2D eigenvalue weighted by atomic mass is 16.5. The number of para-hydroxylation sites is 1. The van der Waals surface area contributed by atoms with Crippen molar-refractivity contribution in [3.8, 4) is 5.75 Å². The first-order chi connectivity index (χ1) is 10.9. The lowest BCUT2D eigenvalue weighted by molar-refractivity contribution is 0.207. The number of benzene rings is 2. The van der Waals surface area contributed by atoms with Gasteiger partial charge >= 0.3 is 6.03 Å². The van der Waals surface area contributed by atoms with Gasteiger partial charge in [0.2, 0.25) is 0 Å². The van der Waals surface area contributed by atoms with Gasteiger partial charge in [0.05, 0.1) is 13.2 Å². The first kappa shape index (κ1) is 16.9. The van der Waals surface area contributed by atoms with Crippen molar-refractivity contribution in [2.45, 2.75) is 26.8 Å². The molecule has 122 valence electrons. The normalized spacial score (nSPS) is 11.7. The van der Waals surface area contributed by atoms with Gasteiger partial charge in [0.1, 0.15) is 5.75 Å². The summed E-state index contributed by atoms with van der Waals surface area (Å²) in [4.78, 5) is 14.2. The number of rotatable bonds is 4. The molecule has 1 atom stereocenters. The van der Waals surface area contributed by atoms with Crippen LogP contribution in [0.3, 0.4) is 0 Å². The molecule has 2 aromatic rings. The summed E-state index contributed by atoms with van der Waals surface area (Å²) >= 11 is 0. The van der Waals surface area contributed by atoms with Crippen LogP contribution in [0.1, 0.15) is 29.7 Å². The van der Waals surface area contributed by atoms with Crippen molar-refractivity contribution in [1.82, 2.24) is 4.90 Å². The van der Waals surface area contributed by atoms with Gasteiger partial charge in [-0.05, 0) is 50.1 Å². The van der Waals surface area contributed by atoms with Crippen LogP contribution in [0.2, 0.25) is 0 Å². The number of hydrogen-bond donors (Lipinski definition) is 1. The van der Waals surface area contributed by atoms with Crippen LogP contribution >= 0.6 is 0 Å². The molecule has 1 N–H and O–H groups in total. The maximum atomic E-state index is 12.5. The van der Waals surface area contributed by atoms with Crippen LogP contribution in [0.15, 0.2) is 42.5 Å². The standard InChI is InChI=1S/C19H24N2O2/c1-13-10-11-16(12-14(13)2)20-19(22)21(4)15(3)17-8-6-7-9-18(17)23-5/h6-12,15H,1-5H3,(H,20,22)/t15-/m0/s1. The molecule has 0 aromatic heterocycles. The zero-order valence-electron chi connectivity index (χ0n) is 14.4. The van der Waals surface area contributed by atoms with Crippen LogP contribution in [-0.4, -0.2) is 25.1 Å². The molecule has 2 amide bonds. The number of ether oxygens (including phenoxy) is 1. The van der Waals surface area contributed by atoms with E-state index in [1.165, 1.54) is 5.56 Å². The molecule has 2 rings (SSSR count). The van der Waals surface area contributed by atoms with E-state index in [1.54, 1.807) is 19.1 Å². The molecular formula is C19H24N2O2. The van der Waals surface area contributed by atoms with E-state index in [2.05, 4.69) is 12.2 Å². The van der Waals surface area contributed by atoms with Gasteiger partial charge in [-0.3, -0.25) is 0 Å². The molecule has 4 heteroatoms. The Balaban J connectivity index is 2.13. The van der Waals surface area contributed by atoms with E-state index in [0.717, 1.165) is 22.6 Å². The Labute approximate surface area is 138 Å². The Kier molecular flexibility index (Phi) is 5.27. The average Bonchev–Trinajstić information content (AvgIpc) is 2.56. The molecular weight excluding hydrogens is 288 g/mol. The zero-order valence-corrected chi connectivity index (χ0v) is 14.4. The van der Waals surface area contributed by atoms with Crippen LogP contribution in [0.4, 0.5) is 10.5 Å². The second kappa shape index (κ2) is 7.18. The quantitative estimate of drug-likeness (QED) is 0.900. The lowest BCUT2D eigenvalue weighted by Gasteiger charge is -2.27. The van der Waals surface area contributed by atoms with Gasteiger partial charge in [-0.2, -0.15) is 0 Å². The lowest BCUT2D eigenvalue weighted by Crippen LogP contribution is -2.33. The van der Waals surface area contributed by atoms with Gasteiger partial charge in [0.25, 0.3) is 0 Å². The molecule has 0 heterocycles. The van der Waals surface area contributed by atoms with E-state index in [0.29, 0.717) is 0 Å². The number of aryl methyl sites for hydroxylation is 2. The summed E-state index contributed by atoms with van der Waals surface area (Å²) in [6.45, 7) is 6.07. The fourth-order valence-corrected chi connectivity index (χ4v) is 2.43. The number of methoxy groups -OCH3 is 1. The molecule has 0 aliphatic heterocycles. The molecule has 23 heavy (non-hydrogen) atoms. The van der Waals surface area contributed by atoms with Gasteiger partial charge < -0.3 is 15.0 Å². The summed E-state index contributed by atoms with van der Waals surface area (Å²) < 4.78 is 5.39. The highest BCUT2D eigenvalue weighted by Gasteiger charge is 2.20. The summed E-state index contributed by atoms with van der Waals surface area (Å²) in [6, 6.07) is 13.4. The second-order valence-corrected chi connectivity index (χ2v) is 5.76. The van der Waals surface area contributed by atoms with Crippen molar-refractivity contribution in [2.24, 2.45) is 0 Å². The number of carbonyl (C=O) groups is 1. The van der Waals surface area contributed by atoms with Gasteiger partial charge in [-0.15, -0.1) is 0 Å². The topological polar surface area (TPSA) is 41.6 Å². The van der Waals surface area contributed by atoms with Gasteiger partial charge in [0.15, 0.2) is 0 Å². The Hall–Kier alpha value is -2.49. The number of nitrogens with one attached hydrogen (secondary N) is 1. The van der Waals surface area contributed by atoms with Crippen molar-refractivity contribution >= 4 is 11.7 Å². The number of amides is 2. The van der Waals surface area contributed by atoms with Crippen LogP contribution in [0.5, 0.6) is 5.75 Å². The lowest BCUT2D eigenvalue weighted by atomic mass is 10.1. The Morgan fingerprint density at radius 3 is 2.48 bits per heavy atom. The fourth-order valence-electron chi connectivity index (χ4n) is 2.43. The van der Waals surface area contributed by atoms with E-state index >= 15 is 0 Å². The third kappa shape index (κ3) is 3.83. The van der Waals surface area contributed by atoms with E-state index in [4.69, 9.17) is 4.74 Å². The molecule has 0 saturated heterocycles. The third-order valence-electron chi connectivity index (χ3n) is 4.25. The van der Waals surface area contributed by atoms with Gasteiger partial charge in [0, 0.05) is 18.3 Å². The number of nitrogens with zero attached hydrogens (tertiary/aromatic N) is 1. The molecule has 0 fully saturated rings. The van der Waals surface area contributed by atoms with Crippen LogP contribution < -0.4 is 10.1 Å².